The molecule has 1 aromatic heterocycles. The Balaban J connectivity index is 1.38. The van der Waals surface area contributed by atoms with Gasteiger partial charge in [0.1, 0.15) is 0 Å². The number of likely N-dealkylation sites (tertiary alicyclic amines) is 1. The van der Waals surface area contributed by atoms with E-state index in [1.54, 1.807) is 6.20 Å². The second kappa shape index (κ2) is 11.5. The van der Waals surface area contributed by atoms with E-state index >= 15 is 0 Å². The third-order valence-corrected chi connectivity index (χ3v) is 7.21. The molecule has 41 heavy (non-hydrogen) atoms. The van der Waals surface area contributed by atoms with Crippen LogP contribution in [0.15, 0.2) is 85.1 Å². The van der Waals surface area contributed by atoms with Crippen LogP contribution in [-0.4, -0.2) is 34.5 Å². The number of para-hydroxylation sites is 1. The highest BCUT2D eigenvalue weighted by atomic mass is 19.4. The van der Waals surface area contributed by atoms with Gasteiger partial charge in [0.05, 0.1) is 29.4 Å². The summed E-state index contributed by atoms with van der Waals surface area (Å²) < 4.78 is 86.9. The summed E-state index contributed by atoms with van der Waals surface area (Å²) in [5, 5.41) is 0.968. The van der Waals surface area contributed by atoms with Crippen LogP contribution in [0.3, 0.4) is 0 Å². The van der Waals surface area contributed by atoms with Gasteiger partial charge in [0.25, 0.3) is 5.91 Å². The molecule has 4 aromatic rings. The van der Waals surface area contributed by atoms with Crippen molar-refractivity contribution < 1.29 is 35.9 Å². The molecule has 0 bridgehead atoms. The van der Waals surface area contributed by atoms with Crippen LogP contribution in [0.4, 0.5) is 26.3 Å². The van der Waals surface area contributed by atoms with Crippen molar-refractivity contribution in [3.63, 3.8) is 0 Å². The van der Waals surface area contributed by atoms with Gasteiger partial charge in [-0.1, -0.05) is 48.5 Å². The van der Waals surface area contributed by atoms with Gasteiger partial charge in [-0.2, -0.15) is 26.3 Å². The van der Waals surface area contributed by atoms with Crippen LogP contribution in [0.1, 0.15) is 45.5 Å². The fraction of sp³-hybridized carbons (Fsp3) is 0.290. The lowest BCUT2D eigenvalue weighted by Gasteiger charge is -2.40. The molecule has 0 saturated carbocycles. The normalized spacial score (nSPS) is 18.0. The first-order valence-electron chi connectivity index (χ1n) is 13.1. The van der Waals surface area contributed by atoms with Gasteiger partial charge in [0, 0.05) is 29.7 Å². The van der Waals surface area contributed by atoms with E-state index in [4.69, 9.17) is 4.74 Å². The second-order valence-corrected chi connectivity index (χ2v) is 10.1. The number of alkyl halides is 6. The van der Waals surface area contributed by atoms with E-state index in [0.717, 1.165) is 22.0 Å². The Morgan fingerprint density at radius 1 is 0.854 bits per heavy atom. The molecule has 3 aromatic carbocycles. The van der Waals surface area contributed by atoms with E-state index in [-0.39, 0.29) is 25.3 Å². The Labute approximate surface area is 232 Å². The van der Waals surface area contributed by atoms with Gasteiger partial charge in [-0.25, -0.2) is 0 Å². The number of carbonyl (C=O) groups excluding carboxylic acids is 1. The SMILES string of the molecule is O=C(c1cc(C(F)(F)F)cc(C(F)(F)F)c1)N1CC[C@H](OCc2cnc3ccccc3c2)C[C@H]1Cc1ccccc1. The summed E-state index contributed by atoms with van der Waals surface area (Å²) in [6, 6.07) is 19.4. The number of piperidine rings is 1. The molecule has 214 valence electrons. The van der Waals surface area contributed by atoms with Gasteiger partial charge in [0.2, 0.25) is 0 Å². The Morgan fingerprint density at radius 2 is 1.51 bits per heavy atom. The minimum atomic E-state index is -5.04. The van der Waals surface area contributed by atoms with Crippen molar-refractivity contribution in [1.82, 2.24) is 9.88 Å². The van der Waals surface area contributed by atoms with Gasteiger partial charge < -0.3 is 9.64 Å². The van der Waals surface area contributed by atoms with Gasteiger partial charge in [-0.15, -0.1) is 0 Å². The number of fused-ring (bicyclic) bond motifs is 1. The summed E-state index contributed by atoms with van der Waals surface area (Å²) in [6.07, 6.45) is -7.51. The molecular formula is C31H26F6N2O2. The molecule has 4 nitrogen and oxygen atoms in total. The highest BCUT2D eigenvalue weighted by Crippen LogP contribution is 2.37. The van der Waals surface area contributed by atoms with Gasteiger partial charge >= 0.3 is 12.4 Å². The minimum Gasteiger partial charge on any atom is -0.373 e. The average Bonchev–Trinajstić information content (AvgIpc) is 2.95. The quantitative estimate of drug-likeness (QED) is 0.222. The van der Waals surface area contributed by atoms with Crippen LogP contribution >= 0.6 is 0 Å². The zero-order valence-corrected chi connectivity index (χ0v) is 21.8. The molecular weight excluding hydrogens is 546 g/mol. The van der Waals surface area contributed by atoms with E-state index in [2.05, 4.69) is 4.98 Å². The number of pyridine rings is 1. The topological polar surface area (TPSA) is 42.4 Å². The van der Waals surface area contributed by atoms with Crippen molar-refractivity contribution in [2.75, 3.05) is 6.54 Å². The van der Waals surface area contributed by atoms with Crippen molar-refractivity contribution >= 4 is 16.8 Å². The highest BCUT2D eigenvalue weighted by molar-refractivity contribution is 5.95. The number of nitrogens with zero attached hydrogens (tertiary/aromatic N) is 2. The summed E-state index contributed by atoms with van der Waals surface area (Å²) in [7, 11) is 0. The molecule has 0 spiro atoms. The molecule has 0 unspecified atom stereocenters. The Morgan fingerprint density at radius 3 is 2.20 bits per heavy atom. The maximum absolute atomic E-state index is 13.5. The molecule has 5 rings (SSSR count). The number of rotatable bonds is 6. The molecule has 1 aliphatic rings. The van der Waals surface area contributed by atoms with E-state index < -0.39 is 41.0 Å². The zero-order valence-electron chi connectivity index (χ0n) is 21.8. The maximum atomic E-state index is 13.5. The molecule has 0 radical (unpaired) electrons. The largest absolute Gasteiger partial charge is 0.416 e. The molecule has 1 saturated heterocycles. The lowest BCUT2D eigenvalue weighted by molar-refractivity contribution is -0.143. The number of benzene rings is 3. The van der Waals surface area contributed by atoms with Gasteiger partial charge in [0.15, 0.2) is 0 Å². The number of hydrogen-bond donors (Lipinski definition) is 0. The third kappa shape index (κ3) is 6.87. The van der Waals surface area contributed by atoms with Crippen LogP contribution in [0.2, 0.25) is 0 Å². The van der Waals surface area contributed by atoms with Crippen LogP contribution in [0, 0.1) is 0 Å². The second-order valence-electron chi connectivity index (χ2n) is 10.1. The van der Waals surface area contributed by atoms with Crippen LogP contribution in [0.5, 0.6) is 0 Å². The summed E-state index contributed by atoms with van der Waals surface area (Å²) in [5.74, 6) is -0.875. The van der Waals surface area contributed by atoms with Crippen LogP contribution < -0.4 is 0 Å². The van der Waals surface area contributed by atoms with E-state index in [1.165, 1.54) is 4.90 Å². The third-order valence-electron chi connectivity index (χ3n) is 7.21. The number of ether oxygens (including phenoxy) is 1. The predicted molar refractivity (Wildman–Crippen MR) is 141 cm³/mol. The van der Waals surface area contributed by atoms with Crippen molar-refractivity contribution in [2.45, 2.75) is 50.4 Å². The standard InChI is InChI=1S/C31H26F6N2O2/c32-30(33,34)24-14-23(15-25(16-24)31(35,36)37)29(40)39-11-10-27(17-26(39)13-20-6-2-1-3-7-20)41-19-21-12-22-8-4-5-9-28(22)38-18-21/h1-9,12,14-16,18,26-27H,10-11,13,17,19H2/t26-,27+/m1/s1. The average molecular weight is 573 g/mol. The van der Waals surface area contributed by atoms with Crippen molar-refractivity contribution in [2.24, 2.45) is 0 Å². The fourth-order valence-corrected chi connectivity index (χ4v) is 5.17. The van der Waals surface area contributed by atoms with Gasteiger partial charge in [-0.05, 0) is 60.7 Å². The van der Waals surface area contributed by atoms with E-state index in [1.807, 2.05) is 60.7 Å². The molecule has 1 aliphatic heterocycles. The Bertz CT molecular complexity index is 1490. The molecule has 0 aliphatic carbocycles. The monoisotopic (exact) mass is 572 g/mol. The Kier molecular flexibility index (Phi) is 8.04. The number of hydrogen-bond acceptors (Lipinski definition) is 3. The van der Waals surface area contributed by atoms with Crippen LogP contribution in [0.25, 0.3) is 10.9 Å². The molecule has 1 amide bonds. The number of aromatic nitrogens is 1. The first-order chi connectivity index (χ1) is 19.5. The molecule has 0 N–H and O–H groups in total. The van der Waals surface area contributed by atoms with Gasteiger partial charge in [-0.3, -0.25) is 9.78 Å². The zero-order chi connectivity index (χ0) is 29.2. The number of carbonyl (C=O) groups is 1. The minimum absolute atomic E-state index is 0.0277. The van der Waals surface area contributed by atoms with E-state index in [9.17, 15) is 31.1 Å². The summed E-state index contributed by atoms with van der Waals surface area (Å²) in [4.78, 5) is 19.3. The van der Waals surface area contributed by atoms with E-state index in [0.29, 0.717) is 31.4 Å². The molecule has 1 fully saturated rings. The number of halogens is 6. The first-order valence-corrected chi connectivity index (χ1v) is 13.1. The van der Waals surface area contributed by atoms with Crippen molar-refractivity contribution in [3.8, 4) is 0 Å². The van der Waals surface area contributed by atoms with Crippen molar-refractivity contribution in [3.05, 3.63) is 113 Å². The summed E-state index contributed by atoms with van der Waals surface area (Å²) in [6.45, 7) is 0.394. The molecule has 2 atom stereocenters. The fourth-order valence-electron chi connectivity index (χ4n) is 5.17. The first kappa shape index (κ1) is 28.6. The van der Waals surface area contributed by atoms with Crippen LogP contribution in [-0.2, 0) is 30.1 Å². The highest BCUT2D eigenvalue weighted by Gasteiger charge is 2.39. The molecule has 2 heterocycles. The summed E-state index contributed by atoms with van der Waals surface area (Å²) in [5.41, 5.74) is -1.07. The number of amides is 1. The summed E-state index contributed by atoms with van der Waals surface area (Å²) >= 11 is 0. The predicted octanol–water partition coefficient (Wildman–Crippen LogP) is 7.71. The maximum Gasteiger partial charge on any atom is 0.416 e. The lowest BCUT2D eigenvalue weighted by atomic mass is 9.92. The van der Waals surface area contributed by atoms with Crippen molar-refractivity contribution in [1.29, 1.82) is 0 Å². The Hall–Kier alpha value is -3.92. The molecule has 10 heteroatoms. The smallest absolute Gasteiger partial charge is 0.373 e. The lowest BCUT2D eigenvalue weighted by Crippen LogP contribution is -2.49.